The number of rotatable bonds is 4. The maximum Gasteiger partial charge on any atom is 0.0331 e. The topological polar surface area (TPSA) is 12.0 Å². The van der Waals surface area contributed by atoms with Crippen molar-refractivity contribution in [3.8, 4) is 0 Å². The van der Waals surface area contributed by atoms with Crippen LogP contribution in [0.2, 0.25) is 0 Å². The van der Waals surface area contributed by atoms with Crippen LogP contribution in [0.5, 0.6) is 0 Å². The smallest absolute Gasteiger partial charge is 0.0331 e. The van der Waals surface area contributed by atoms with Crippen molar-refractivity contribution in [2.24, 2.45) is 0 Å². The SMILES string of the molecule is CNCC1(Sc2ccc(C)cc2)CCC1. The Morgan fingerprint density at radius 3 is 2.40 bits per heavy atom. The first-order valence-electron chi connectivity index (χ1n) is 5.64. The number of benzene rings is 1. The first-order valence-corrected chi connectivity index (χ1v) is 6.46. The minimum Gasteiger partial charge on any atom is -0.318 e. The molecule has 0 heterocycles. The van der Waals surface area contributed by atoms with Crippen molar-refractivity contribution < 1.29 is 0 Å². The second-order valence-corrected chi connectivity index (χ2v) is 6.02. The normalized spacial score (nSPS) is 18.5. The predicted molar refractivity (Wildman–Crippen MR) is 67.5 cm³/mol. The molecule has 0 amide bonds. The van der Waals surface area contributed by atoms with Gasteiger partial charge < -0.3 is 5.32 Å². The van der Waals surface area contributed by atoms with E-state index in [1.54, 1.807) is 0 Å². The molecule has 2 heteroatoms. The van der Waals surface area contributed by atoms with Gasteiger partial charge in [-0.1, -0.05) is 24.1 Å². The maximum absolute atomic E-state index is 3.32. The lowest BCUT2D eigenvalue weighted by molar-refractivity contribution is 0.353. The van der Waals surface area contributed by atoms with Crippen LogP contribution in [0.25, 0.3) is 0 Å². The molecule has 1 nitrogen and oxygen atoms in total. The van der Waals surface area contributed by atoms with Crippen LogP contribution in [0.1, 0.15) is 24.8 Å². The lowest BCUT2D eigenvalue weighted by atomic mass is 9.84. The Kier molecular flexibility index (Phi) is 3.37. The van der Waals surface area contributed by atoms with Gasteiger partial charge in [0.15, 0.2) is 0 Å². The van der Waals surface area contributed by atoms with E-state index in [0.717, 1.165) is 6.54 Å². The summed E-state index contributed by atoms with van der Waals surface area (Å²) in [5.41, 5.74) is 1.34. The third-order valence-electron chi connectivity index (χ3n) is 3.12. The number of aryl methyl sites for hydroxylation is 1. The molecule has 2 rings (SSSR count). The molecule has 0 saturated heterocycles. The van der Waals surface area contributed by atoms with Gasteiger partial charge in [0.1, 0.15) is 0 Å². The monoisotopic (exact) mass is 221 g/mol. The first-order chi connectivity index (χ1) is 7.24. The van der Waals surface area contributed by atoms with Crippen molar-refractivity contribution in [1.29, 1.82) is 0 Å². The van der Waals surface area contributed by atoms with Gasteiger partial charge in [-0.05, 0) is 38.9 Å². The lowest BCUT2D eigenvalue weighted by Gasteiger charge is -2.41. The molecule has 82 valence electrons. The van der Waals surface area contributed by atoms with Gasteiger partial charge in [0.05, 0.1) is 0 Å². The molecule has 1 fully saturated rings. The Morgan fingerprint density at radius 1 is 1.27 bits per heavy atom. The van der Waals surface area contributed by atoms with Crippen LogP contribution in [0.15, 0.2) is 29.2 Å². The third-order valence-corrected chi connectivity index (χ3v) is 4.61. The van der Waals surface area contributed by atoms with Crippen LogP contribution in [0, 0.1) is 6.92 Å². The van der Waals surface area contributed by atoms with Gasteiger partial charge in [0, 0.05) is 16.2 Å². The molecule has 1 aromatic rings. The molecular weight excluding hydrogens is 202 g/mol. The highest BCUT2D eigenvalue weighted by atomic mass is 32.2. The molecule has 0 bridgehead atoms. The number of hydrogen-bond donors (Lipinski definition) is 1. The fourth-order valence-corrected chi connectivity index (χ4v) is 3.55. The Hall–Kier alpha value is -0.470. The molecule has 1 aromatic carbocycles. The van der Waals surface area contributed by atoms with Crippen molar-refractivity contribution in [3.63, 3.8) is 0 Å². The summed E-state index contributed by atoms with van der Waals surface area (Å²) in [5, 5.41) is 3.32. The summed E-state index contributed by atoms with van der Waals surface area (Å²) in [6.07, 6.45) is 4.10. The molecule has 0 aliphatic heterocycles. The average molecular weight is 221 g/mol. The molecule has 0 spiro atoms. The Morgan fingerprint density at radius 2 is 1.93 bits per heavy atom. The summed E-state index contributed by atoms with van der Waals surface area (Å²) < 4.78 is 0.476. The summed E-state index contributed by atoms with van der Waals surface area (Å²) in [5.74, 6) is 0. The van der Waals surface area contributed by atoms with Crippen LogP contribution in [-0.2, 0) is 0 Å². The second-order valence-electron chi connectivity index (χ2n) is 4.48. The molecular formula is C13H19NS. The van der Waals surface area contributed by atoms with E-state index < -0.39 is 0 Å². The minimum atomic E-state index is 0.476. The zero-order chi connectivity index (χ0) is 10.7. The van der Waals surface area contributed by atoms with Gasteiger partial charge in [0.2, 0.25) is 0 Å². The van der Waals surface area contributed by atoms with Gasteiger partial charge in [-0.3, -0.25) is 0 Å². The molecule has 1 N–H and O–H groups in total. The molecule has 15 heavy (non-hydrogen) atoms. The highest BCUT2D eigenvalue weighted by molar-refractivity contribution is 8.00. The van der Waals surface area contributed by atoms with Crippen molar-refractivity contribution >= 4 is 11.8 Å². The van der Waals surface area contributed by atoms with E-state index in [-0.39, 0.29) is 0 Å². The van der Waals surface area contributed by atoms with Crippen molar-refractivity contribution in [2.45, 2.75) is 35.8 Å². The van der Waals surface area contributed by atoms with E-state index >= 15 is 0 Å². The average Bonchev–Trinajstić information content (AvgIpc) is 2.18. The van der Waals surface area contributed by atoms with E-state index in [2.05, 4.69) is 43.6 Å². The summed E-state index contributed by atoms with van der Waals surface area (Å²) in [6.45, 7) is 3.27. The van der Waals surface area contributed by atoms with Crippen LogP contribution in [-0.4, -0.2) is 18.3 Å². The van der Waals surface area contributed by atoms with E-state index in [1.807, 2.05) is 11.8 Å². The van der Waals surface area contributed by atoms with Crippen LogP contribution >= 0.6 is 11.8 Å². The van der Waals surface area contributed by atoms with E-state index in [1.165, 1.54) is 29.7 Å². The highest BCUT2D eigenvalue weighted by Gasteiger charge is 2.37. The maximum atomic E-state index is 3.32. The summed E-state index contributed by atoms with van der Waals surface area (Å²) in [6, 6.07) is 8.90. The lowest BCUT2D eigenvalue weighted by Crippen LogP contribution is -2.42. The Balaban J connectivity index is 2.03. The highest BCUT2D eigenvalue weighted by Crippen LogP contribution is 2.47. The second kappa shape index (κ2) is 4.58. The van der Waals surface area contributed by atoms with Crippen LogP contribution < -0.4 is 5.32 Å². The third kappa shape index (κ3) is 2.56. The number of nitrogens with one attached hydrogen (secondary N) is 1. The molecule has 0 unspecified atom stereocenters. The summed E-state index contributed by atoms with van der Waals surface area (Å²) in [4.78, 5) is 1.41. The van der Waals surface area contributed by atoms with Gasteiger partial charge in [-0.25, -0.2) is 0 Å². The van der Waals surface area contributed by atoms with Crippen LogP contribution in [0.3, 0.4) is 0 Å². The number of hydrogen-bond acceptors (Lipinski definition) is 2. The first kappa shape index (κ1) is 11.0. The van der Waals surface area contributed by atoms with Gasteiger partial charge in [-0.2, -0.15) is 0 Å². The Labute approximate surface area is 96.7 Å². The molecule has 1 aliphatic rings. The molecule has 0 aromatic heterocycles. The molecule has 0 atom stereocenters. The van der Waals surface area contributed by atoms with Gasteiger partial charge in [-0.15, -0.1) is 11.8 Å². The largest absolute Gasteiger partial charge is 0.318 e. The van der Waals surface area contributed by atoms with Gasteiger partial charge in [0.25, 0.3) is 0 Å². The standard InChI is InChI=1S/C13H19NS/c1-11-4-6-12(7-5-11)15-13(10-14-2)8-3-9-13/h4-7,14H,3,8-10H2,1-2H3. The van der Waals surface area contributed by atoms with E-state index in [4.69, 9.17) is 0 Å². The molecule has 1 aliphatic carbocycles. The number of thioether (sulfide) groups is 1. The van der Waals surface area contributed by atoms with Crippen molar-refractivity contribution in [2.75, 3.05) is 13.6 Å². The zero-order valence-corrected chi connectivity index (χ0v) is 10.4. The van der Waals surface area contributed by atoms with Gasteiger partial charge >= 0.3 is 0 Å². The van der Waals surface area contributed by atoms with Crippen molar-refractivity contribution in [3.05, 3.63) is 29.8 Å². The summed E-state index contributed by atoms with van der Waals surface area (Å²) in [7, 11) is 2.05. The zero-order valence-electron chi connectivity index (χ0n) is 9.55. The molecule has 0 radical (unpaired) electrons. The molecule has 1 saturated carbocycles. The summed E-state index contributed by atoms with van der Waals surface area (Å²) >= 11 is 2.05. The quantitative estimate of drug-likeness (QED) is 0.838. The van der Waals surface area contributed by atoms with E-state index in [9.17, 15) is 0 Å². The van der Waals surface area contributed by atoms with E-state index in [0.29, 0.717) is 4.75 Å². The predicted octanol–water partition coefficient (Wildman–Crippen LogP) is 3.23. The fraction of sp³-hybridized carbons (Fsp3) is 0.538. The Bertz CT molecular complexity index is 314. The fourth-order valence-electron chi connectivity index (χ4n) is 2.06. The minimum absolute atomic E-state index is 0.476. The van der Waals surface area contributed by atoms with Crippen LogP contribution in [0.4, 0.5) is 0 Å². The van der Waals surface area contributed by atoms with Crippen molar-refractivity contribution in [1.82, 2.24) is 5.32 Å².